The van der Waals surface area contributed by atoms with Gasteiger partial charge in [-0.05, 0) is 31.0 Å². The highest BCUT2D eigenvalue weighted by molar-refractivity contribution is 6.31. The van der Waals surface area contributed by atoms with Gasteiger partial charge < -0.3 is 10.3 Å². The molecule has 0 spiro atoms. The van der Waals surface area contributed by atoms with E-state index in [4.69, 9.17) is 17.3 Å². The lowest BCUT2D eigenvalue weighted by atomic mass is 10.2. The molecule has 4 heteroatoms. The summed E-state index contributed by atoms with van der Waals surface area (Å²) < 4.78 is 2.20. The van der Waals surface area contributed by atoms with Crippen molar-refractivity contribution in [2.24, 2.45) is 11.7 Å². The molecule has 2 aromatic rings. The van der Waals surface area contributed by atoms with Crippen molar-refractivity contribution in [2.75, 3.05) is 0 Å². The second-order valence-corrected chi connectivity index (χ2v) is 5.33. The fraction of sp³-hybridized carbons (Fsp3) is 0.462. The number of fused-ring (bicyclic) bond motifs is 1. The Morgan fingerprint density at radius 2 is 2.06 bits per heavy atom. The highest BCUT2D eigenvalue weighted by atomic mass is 35.5. The zero-order chi connectivity index (χ0) is 12.6. The van der Waals surface area contributed by atoms with E-state index in [1.807, 2.05) is 25.1 Å². The standard InChI is InChI=1S/C13H18ClN3/c1-8(2)7-17-12-5-4-10(14)6-11(12)16-13(17)9(3)15/h4-6,8-9H,7,15H2,1-3H3. The average Bonchev–Trinajstić information content (AvgIpc) is 2.55. The molecule has 0 aliphatic heterocycles. The first-order chi connectivity index (χ1) is 7.99. The van der Waals surface area contributed by atoms with E-state index in [0.717, 1.165) is 23.4 Å². The van der Waals surface area contributed by atoms with Crippen molar-refractivity contribution in [1.82, 2.24) is 9.55 Å². The van der Waals surface area contributed by atoms with Crippen LogP contribution < -0.4 is 5.73 Å². The third-order valence-corrected chi connectivity index (χ3v) is 2.93. The first-order valence-electron chi connectivity index (χ1n) is 5.90. The van der Waals surface area contributed by atoms with E-state index in [1.54, 1.807) is 0 Å². The summed E-state index contributed by atoms with van der Waals surface area (Å²) in [5.41, 5.74) is 8.00. The molecule has 1 atom stereocenters. The van der Waals surface area contributed by atoms with Crippen LogP contribution in [0.1, 0.15) is 32.6 Å². The van der Waals surface area contributed by atoms with Crippen LogP contribution in [0, 0.1) is 5.92 Å². The molecule has 0 aliphatic carbocycles. The normalized spacial score (nSPS) is 13.5. The van der Waals surface area contributed by atoms with Crippen LogP contribution in [-0.2, 0) is 6.54 Å². The predicted octanol–water partition coefficient (Wildman–Crippen LogP) is 3.37. The lowest BCUT2D eigenvalue weighted by Crippen LogP contribution is -2.15. The Morgan fingerprint density at radius 3 is 2.65 bits per heavy atom. The molecule has 2 rings (SSSR count). The van der Waals surface area contributed by atoms with Crippen LogP contribution in [0.15, 0.2) is 18.2 Å². The molecule has 17 heavy (non-hydrogen) atoms. The van der Waals surface area contributed by atoms with Gasteiger partial charge in [-0.15, -0.1) is 0 Å². The summed E-state index contributed by atoms with van der Waals surface area (Å²) in [6, 6.07) is 5.73. The quantitative estimate of drug-likeness (QED) is 0.909. The predicted molar refractivity (Wildman–Crippen MR) is 72.2 cm³/mol. The Bertz CT molecular complexity index is 529. The number of rotatable bonds is 3. The molecule has 0 saturated heterocycles. The van der Waals surface area contributed by atoms with Gasteiger partial charge in [-0.3, -0.25) is 0 Å². The Balaban J connectivity index is 2.62. The highest BCUT2D eigenvalue weighted by Gasteiger charge is 2.14. The summed E-state index contributed by atoms with van der Waals surface area (Å²) in [6.45, 7) is 7.26. The van der Waals surface area contributed by atoms with Gasteiger partial charge in [-0.25, -0.2) is 4.98 Å². The average molecular weight is 252 g/mol. The van der Waals surface area contributed by atoms with Crippen LogP contribution in [0.25, 0.3) is 11.0 Å². The number of imidazole rings is 1. The van der Waals surface area contributed by atoms with Crippen molar-refractivity contribution in [2.45, 2.75) is 33.4 Å². The first kappa shape index (κ1) is 12.4. The van der Waals surface area contributed by atoms with Gasteiger partial charge in [0.15, 0.2) is 0 Å². The molecule has 1 aromatic heterocycles. The van der Waals surface area contributed by atoms with Gasteiger partial charge in [0.05, 0.1) is 17.1 Å². The number of benzene rings is 1. The van der Waals surface area contributed by atoms with Crippen molar-refractivity contribution in [1.29, 1.82) is 0 Å². The molecule has 0 fully saturated rings. The van der Waals surface area contributed by atoms with E-state index in [1.165, 1.54) is 0 Å². The van der Waals surface area contributed by atoms with Gasteiger partial charge >= 0.3 is 0 Å². The Kier molecular flexibility index (Phi) is 3.40. The second-order valence-electron chi connectivity index (χ2n) is 4.90. The number of hydrogen-bond acceptors (Lipinski definition) is 2. The third kappa shape index (κ3) is 2.45. The van der Waals surface area contributed by atoms with Gasteiger partial charge in [0.1, 0.15) is 5.82 Å². The van der Waals surface area contributed by atoms with Gasteiger partial charge in [0, 0.05) is 11.6 Å². The van der Waals surface area contributed by atoms with E-state index < -0.39 is 0 Å². The largest absolute Gasteiger partial charge is 0.326 e. The fourth-order valence-corrected chi connectivity index (χ4v) is 2.19. The second kappa shape index (κ2) is 4.67. The minimum atomic E-state index is -0.0695. The first-order valence-corrected chi connectivity index (χ1v) is 6.28. The molecule has 0 saturated carbocycles. The van der Waals surface area contributed by atoms with E-state index in [-0.39, 0.29) is 6.04 Å². The topological polar surface area (TPSA) is 43.8 Å². The van der Waals surface area contributed by atoms with E-state index in [0.29, 0.717) is 10.9 Å². The molecule has 1 heterocycles. The van der Waals surface area contributed by atoms with E-state index in [9.17, 15) is 0 Å². The number of nitrogens with two attached hydrogens (primary N) is 1. The lowest BCUT2D eigenvalue weighted by molar-refractivity contribution is 0.505. The van der Waals surface area contributed by atoms with Crippen molar-refractivity contribution >= 4 is 22.6 Å². The molecule has 2 N–H and O–H groups in total. The number of nitrogens with zero attached hydrogens (tertiary/aromatic N) is 2. The Hall–Kier alpha value is -1.06. The zero-order valence-electron chi connectivity index (χ0n) is 10.4. The summed E-state index contributed by atoms with van der Waals surface area (Å²) in [4.78, 5) is 4.58. The Labute approximate surface area is 107 Å². The van der Waals surface area contributed by atoms with Crippen LogP contribution in [-0.4, -0.2) is 9.55 Å². The van der Waals surface area contributed by atoms with Crippen LogP contribution in [0.3, 0.4) is 0 Å². The molecule has 92 valence electrons. The van der Waals surface area contributed by atoms with Crippen molar-refractivity contribution in [3.63, 3.8) is 0 Å². The zero-order valence-corrected chi connectivity index (χ0v) is 11.2. The maximum atomic E-state index is 5.99. The van der Waals surface area contributed by atoms with Crippen LogP contribution in [0.4, 0.5) is 0 Å². The molecule has 1 aromatic carbocycles. The molecule has 0 aliphatic rings. The number of halogens is 1. The van der Waals surface area contributed by atoms with Crippen LogP contribution >= 0.6 is 11.6 Å². The van der Waals surface area contributed by atoms with Gasteiger partial charge in [-0.1, -0.05) is 25.4 Å². The summed E-state index contributed by atoms with van der Waals surface area (Å²) in [5.74, 6) is 1.48. The smallest absolute Gasteiger partial charge is 0.126 e. The summed E-state index contributed by atoms with van der Waals surface area (Å²) in [7, 11) is 0. The monoisotopic (exact) mass is 251 g/mol. The third-order valence-electron chi connectivity index (χ3n) is 2.69. The van der Waals surface area contributed by atoms with Crippen LogP contribution in [0.2, 0.25) is 5.02 Å². The minimum Gasteiger partial charge on any atom is -0.326 e. The highest BCUT2D eigenvalue weighted by Crippen LogP contribution is 2.23. The molecule has 1 unspecified atom stereocenters. The van der Waals surface area contributed by atoms with Crippen molar-refractivity contribution < 1.29 is 0 Å². The van der Waals surface area contributed by atoms with Crippen LogP contribution in [0.5, 0.6) is 0 Å². The molecule has 0 bridgehead atoms. The van der Waals surface area contributed by atoms with E-state index >= 15 is 0 Å². The van der Waals surface area contributed by atoms with Gasteiger partial charge in [0.2, 0.25) is 0 Å². The summed E-state index contributed by atoms with van der Waals surface area (Å²) >= 11 is 5.99. The van der Waals surface area contributed by atoms with Gasteiger partial charge in [0.25, 0.3) is 0 Å². The minimum absolute atomic E-state index is 0.0695. The fourth-order valence-electron chi connectivity index (χ4n) is 2.03. The summed E-state index contributed by atoms with van der Waals surface area (Å²) in [6.07, 6.45) is 0. The summed E-state index contributed by atoms with van der Waals surface area (Å²) in [5, 5.41) is 0.711. The van der Waals surface area contributed by atoms with Gasteiger partial charge in [-0.2, -0.15) is 0 Å². The molecular weight excluding hydrogens is 234 g/mol. The lowest BCUT2D eigenvalue weighted by Gasteiger charge is -2.13. The Morgan fingerprint density at radius 1 is 1.35 bits per heavy atom. The number of hydrogen-bond donors (Lipinski definition) is 1. The maximum Gasteiger partial charge on any atom is 0.126 e. The van der Waals surface area contributed by atoms with Crippen molar-refractivity contribution in [3.8, 4) is 0 Å². The maximum absolute atomic E-state index is 5.99. The van der Waals surface area contributed by atoms with Crippen molar-refractivity contribution in [3.05, 3.63) is 29.0 Å². The molecular formula is C13H18ClN3. The number of aromatic nitrogens is 2. The SMILES string of the molecule is CC(C)Cn1c(C(C)N)nc2cc(Cl)ccc21. The molecule has 3 nitrogen and oxygen atoms in total. The molecule has 0 amide bonds. The van der Waals surface area contributed by atoms with E-state index in [2.05, 4.69) is 23.4 Å². The molecule has 0 radical (unpaired) electrons.